The first kappa shape index (κ1) is 16.1. The van der Waals surface area contributed by atoms with E-state index in [1.807, 2.05) is 16.8 Å². The van der Waals surface area contributed by atoms with Crippen LogP contribution in [0, 0.1) is 10.1 Å². The number of anilines is 1. The highest BCUT2D eigenvalue weighted by atomic mass is 32.1. The number of hydrogen-bond acceptors (Lipinski definition) is 6. The van der Waals surface area contributed by atoms with Gasteiger partial charge < -0.3 is 10.0 Å². The van der Waals surface area contributed by atoms with Gasteiger partial charge in [0.15, 0.2) is 5.78 Å². The Labute approximate surface area is 131 Å². The number of hydrogen-bond donors (Lipinski definition) is 1. The molecule has 22 heavy (non-hydrogen) atoms. The van der Waals surface area contributed by atoms with Crippen LogP contribution in [0.1, 0.15) is 22.8 Å². The fourth-order valence-electron chi connectivity index (χ4n) is 2.16. The van der Waals surface area contributed by atoms with E-state index in [2.05, 4.69) is 0 Å². The number of benzene rings is 1. The molecule has 2 aromatic rings. The molecule has 6 nitrogen and oxygen atoms in total. The average Bonchev–Trinajstić information content (AvgIpc) is 2.99. The Morgan fingerprint density at radius 1 is 1.41 bits per heavy atom. The van der Waals surface area contributed by atoms with Gasteiger partial charge in [0, 0.05) is 24.7 Å². The molecule has 0 aliphatic heterocycles. The van der Waals surface area contributed by atoms with Gasteiger partial charge in [0.05, 0.1) is 11.5 Å². The Morgan fingerprint density at radius 2 is 2.18 bits per heavy atom. The number of nitro groups is 1. The number of aliphatic hydroxyl groups excluding tert-OH is 1. The first-order valence-electron chi connectivity index (χ1n) is 6.69. The summed E-state index contributed by atoms with van der Waals surface area (Å²) < 4.78 is 0. The van der Waals surface area contributed by atoms with Crippen LogP contribution in [0.25, 0.3) is 0 Å². The Kier molecular flexibility index (Phi) is 5.24. The monoisotopic (exact) mass is 320 g/mol. The Morgan fingerprint density at radius 3 is 2.73 bits per heavy atom. The van der Waals surface area contributed by atoms with Crippen molar-refractivity contribution in [2.75, 3.05) is 18.1 Å². The Bertz CT molecular complexity index is 670. The highest BCUT2D eigenvalue weighted by Gasteiger charge is 2.21. The largest absolute Gasteiger partial charge is 0.395 e. The topological polar surface area (TPSA) is 83.7 Å². The molecule has 7 heteroatoms. The van der Waals surface area contributed by atoms with Gasteiger partial charge in [0.2, 0.25) is 0 Å². The van der Waals surface area contributed by atoms with Crippen LogP contribution in [-0.2, 0) is 6.54 Å². The molecule has 2 rings (SSSR count). The number of aliphatic hydroxyl groups is 1. The zero-order valence-corrected chi connectivity index (χ0v) is 12.9. The lowest BCUT2D eigenvalue weighted by molar-refractivity contribution is -0.384. The van der Waals surface area contributed by atoms with Crippen molar-refractivity contribution in [3.63, 3.8) is 0 Å². The molecule has 0 saturated carbocycles. The fraction of sp³-hybridized carbons (Fsp3) is 0.267. The molecule has 1 heterocycles. The van der Waals surface area contributed by atoms with Gasteiger partial charge in [-0.3, -0.25) is 14.9 Å². The van der Waals surface area contributed by atoms with Crippen LogP contribution in [0.5, 0.6) is 0 Å². The van der Waals surface area contributed by atoms with Crippen molar-refractivity contribution in [2.45, 2.75) is 13.5 Å². The van der Waals surface area contributed by atoms with Crippen LogP contribution in [0.2, 0.25) is 0 Å². The highest BCUT2D eigenvalue weighted by Crippen LogP contribution is 2.30. The summed E-state index contributed by atoms with van der Waals surface area (Å²) in [4.78, 5) is 24.0. The van der Waals surface area contributed by atoms with Crippen molar-refractivity contribution in [3.8, 4) is 0 Å². The third-order valence-electron chi connectivity index (χ3n) is 3.24. The third-order valence-corrected chi connectivity index (χ3v) is 3.97. The van der Waals surface area contributed by atoms with E-state index in [0.29, 0.717) is 17.8 Å². The number of nitrogens with zero attached hydrogens (tertiary/aromatic N) is 2. The van der Waals surface area contributed by atoms with Gasteiger partial charge in [-0.05, 0) is 41.4 Å². The smallest absolute Gasteiger partial charge is 0.293 e. The van der Waals surface area contributed by atoms with Crippen molar-refractivity contribution in [1.82, 2.24) is 0 Å². The predicted octanol–water partition coefficient (Wildman–Crippen LogP) is 2.86. The van der Waals surface area contributed by atoms with E-state index < -0.39 is 4.92 Å². The second kappa shape index (κ2) is 7.15. The molecule has 1 aromatic heterocycles. The van der Waals surface area contributed by atoms with E-state index in [4.69, 9.17) is 0 Å². The maximum Gasteiger partial charge on any atom is 0.293 e. The maximum absolute atomic E-state index is 11.4. The molecule has 0 fully saturated rings. The minimum absolute atomic E-state index is 0.115. The quantitative estimate of drug-likeness (QED) is 0.482. The van der Waals surface area contributed by atoms with Gasteiger partial charge in [-0.2, -0.15) is 11.3 Å². The number of nitro benzene ring substituents is 1. The summed E-state index contributed by atoms with van der Waals surface area (Å²) in [5.74, 6) is -0.221. The molecule has 0 atom stereocenters. The molecule has 1 aromatic carbocycles. The summed E-state index contributed by atoms with van der Waals surface area (Å²) in [6, 6.07) is 6.36. The SMILES string of the molecule is CC(=O)c1ccc(N(CCO)Cc2ccsc2)c([N+](=O)[O-])c1. The molecule has 0 aliphatic rings. The van der Waals surface area contributed by atoms with Crippen molar-refractivity contribution >= 4 is 28.5 Å². The molecule has 1 N–H and O–H groups in total. The normalized spacial score (nSPS) is 10.5. The van der Waals surface area contributed by atoms with Gasteiger partial charge in [-0.25, -0.2) is 0 Å². The highest BCUT2D eigenvalue weighted by molar-refractivity contribution is 7.07. The molecule has 0 radical (unpaired) electrons. The molecule has 0 amide bonds. The molecule has 0 bridgehead atoms. The standard InChI is InChI=1S/C15H16N2O4S/c1-11(19)13-2-3-14(15(8-13)17(20)21)16(5-6-18)9-12-4-7-22-10-12/h2-4,7-8,10,18H,5-6,9H2,1H3. The van der Waals surface area contributed by atoms with Crippen LogP contribution in [-0.4, -0.2) is 29.0 Å². The average molecular weight is 320 g/mol. The van der Waals surface area contributed by atoms with Gasteiger partial charge in [0.1, 0.15) is 5.69 Å². The van der Waals surface area contributed by atoms with E-state index in [-0.39, 0.29) is 24.6 Å². The lowest BCUT2D eigenvalue weighted by Gasteiger charge is -2.23. The summed E-state index contributed by atoms with van der Waals surface area (Å²) in [6.45, 7) is 1.99. The molecule has 0 spiro atoms. The summed E-state index contributed by atoms with van der Waals surface area (Å²) in [5, 5.41) is 24.4. The predicted molar refractivity (Wildman–Crippen MR) is 85.6 cm³/mol. The molecular formula is C15H16N2O4S. The number of thiophene rings is 1. The van der Waals surface area contributed by atoms with E-state index in [9.17, 15) is 20.0 Å². The number of ketones is 1. The van der Waals surface area contributed by atoms with E-state index in [1.165, 1.54) is 13.0 Å². The molecular weight excluding hydrogens is 304 g/mol. The number of rotatable bonds is 7. The lowest BCUT2D eigenvalue weighted by atomic mass is 10.1. The molecule has 0 aliphatic carbocycles. The van der Waals surface area contributed by atoms with Gasteiger partial charge in [0.25, 0.3) is 5.69 Å². The zero-order valence-electron chi connectivity index (χ0n) is 12.1. The van der Waals surface area contributed by atoms with Crippen LogP contribution in [0.15, 0.2) is 35.0 Å². The fourth-order valence-corrected chi connectivity index (χ4v) is 2.82. The van der Waals surface area contributed by atoms with Crippen molar-refractivity contribution in [3.05, 3.63) is 56.3 Å². The second-order valence-electron chi connectivity index (χ2n) is 4.79. The van der Waals surface area contributed by atoms with Gasteiger partial charge >= 0.3 is 0 Å². The van der Waals surface area contributed by atoms with Crippen LogP contribution >= 0.6 is 11.3 Å². The number of Topliss-reactive ketones (excluding diaryl/α,β-unsaturated/α-hetero) is 1. The minimum atomic E-state index is -0.500. The molecule has 0 saturated heterocycles. The van der Waals surface area contributed by atoms with Crippen LogP contribution < -0.4 is 4.90 Å². The van der Waals surface area contributed by atoms with Crippen molar-refractivity contribution < 1.29 is 14.8 Å². The molecule has 0 unspecified atom stereocenters. The zero-order chi connectivity index (χ0) is 16.1. The van der Waals surface area contributed by atoms with Crippen molar-refractivity contribution in [1.29, 1.82) is 0 Å². The van der Waals surface area contributed by atoms with Gasteiger partial charge in [-0.15, -0.1) is 0 Å². The van der Waals surface area contributed by atoms with Crippen LogP contribution in [0.3, 0.4) is 0 Å². The summed E-state index contributed by atoms with van der Waals surface area (Å²) in [6.07, 6.45) is 0. The Balaban J connectivity index is 2.41. The van der Waals surface area contributed by atoms with Crippen LogP contribution in [0.4, 0.5) is 11.4 Å². The first-order valence-corrected chi connectivity index (χ1v) is 7.63. The summed E-state index contributed by atoms with van der Waals surface area (Å²) in [7, 11) is 0. The van der Waals surface area contributed by atoms with Crippen molar-refractivity contribution in [2.24, 2.45) is 0 Å². The third kappa shape index (κ3) is 3.69. The molecule has 116 valence electrons. The lowest BCUT2D eigenvalue weighted by Crippen LogP contribution is -2.26. The number of carbonyl (C=O) groups excluding carboxylic acids is 1. The first-order chi connectivity index (χ1) is 10.5. The van der Waals surface area contributed by atoms with E-state index in [0.717, 1.165) is 5.56 Å². The summed E-state index contributed by atoms with van der Waals surface area (Å²) in [5.41, 5.74) is 1.59. The minimum Gasteiger partial charge on any atom is -0.395 e. The van der Waals surface area contributed by atoms with Gasteiger partial charge in [-0.1, -0.05) is 0 Å². The van der Waals surface area contributed by atoms with E-state index >= 15 is 0 Å². The summed E-state index contributed by atoms with van der Waals surface area (Å²) >= 11 is 1.54. The Hall–Kier alpha value is -2.25. The maximum atomic E-state index is 11.4. The second-order valence-corrected chi connectivity index (χ2v) is 5.57. The number of carbonyl (C=O) groups is 1. The van der Waals surface area contributed by atoms with E-state index in [1.54, 1.807) is 28.4 Å².